The first-order valence-electron chi connectivity index (χ1n) is 12.6. The summed E-state index contributed by atoms with van der Waals surface area (Å²) in [5.74, 6) is 1.03. The Bertz CT molecular complexity index is 1820. The molecule has 3 aromatic carbocycles. The van der Waals surface area contributed by atoms with Crippen LogP contribution in [-0.2, 0) is 16.4 Å². The lowest BCUT2D eigenvalue weighted by atomic mass is 10.1. The van der Waals surface area contributed by atoms with Gasteiger partial charge in [0.05, 0.1) is 29.2 Å². The second-order valence-electron chi connectivity index (χ2n) is 9.41. The van der Waals surface area contributed by atoms with Crippen LogP contribution in [0.5, 0.6) is 0 Å². The highest BCUT2D eigenvalue weighted by molar-refractivity contribution is 7.90. The molecule has 0 unspecified atom stereocenters. The Hall–Kier alpha value is -4.81. The summed E-state index contributed by atoms with van der Waals surface area (Å²) in [5.41, 5.74) is 8.90. The zero-order chi connectivity index (χ0) is 29.0. The number of furan rings is 1. The lowest BCUT2D eigenvalue weighted by Gasteiger charge is -2.11. The number of halogens is 1. The summed E-state index contributed by atoms with van der Waals surface area (Å²) in [6, 6.07) is 19.9. The molecule has 0 saturated heterocycles. The molecule has 5 rings (SSSR count). The Morgan fingerprint density at radius 2 is 1.80 bits per heavy atom. The molecule has 0 bridgehead atoms. The minimum Gasteiger partial charge on any atom is -0.460 e. The molecule has 0 spiro atoms. The van der Waals surface area contributed by atoms with Crippen molar-refractivity contribution in [2.45, 2.75) is 6.54 Å². The SMILES string of the molecule is CS(=O)(=O)CCNCc1ccc(-c2ccc3ncnc(Nc4ccc(C(=O)Nc5cc(F)ccc5N)cc4)c3c2)o1. The van der Waals surface area contributed by atoms with Crippen LogP contribution in [-0.4, -0.2) is 42.8 Å². The lowest BCUT2D eigenvalue weighted by molar-refractivity contribution is 0.102. The molecule has 0 radical (unpaired) electrons. The van der Waals surface area contributed by atoms with Gasteiger partial charge in [-0.15, -0.1) is 0 Å². The number of carbonyl (C=O) groups is 1. The van der Waals surface area contributed by atoms with Crippen molar-refractivity contribution in [2.24, 2.45) is 0 Å². The van der Waals surface area contributed by atoms with E-state index in [0.717, 1.165) is 16.5 Å². The molecular formula is C29H27FN6O4S. The van der Waals surface area contributed by atoms with Gasteiger partial charge < -0.3 is 26.1 Å². The van der Waals surface area contributed by atoms with Crippen LogP contribution in [0.3, 0.4) is 0 Å². The van der Waals surface area contributed by atoms with Crippen LogP contribution < -0.4 is 21.7 Å². The predicted octanol–water partition coefficient (Wildman–Crippen LogP) is 4.74. The fraction of sp³-hybridized carbons (Fsp3) is 0.138. The Labute approximate surface area is 235 Å². The molecule has 5 aromatic rings. The standard InChI is InChI=1S/C29H27FN6O4S/c1-41(38,39)13-12-32-16-22-8-11-27(40-22)19-4-10-25-23(14-19)28(34-17-33-25)35-21-6-2-18(3-7-21)29(37)36-26-15-20(30)5-9-24(26)31/h2-11,14-15,17,32H,12-13,16,31H2,1H3,(H,36,37)(H,33,34,35). The van der Waals surface area contributed by atoms with Gasteiger partial charge in [-0.2, -0.15) is 0 Å². The molecule has 210 valence electrons. The van der Waals surface area contributed by atoms with E-state index in [4.69, 9.17) is 10.2 Å². The molecule has 0 aliphatic rings. The quantitative estimate of drug-likeness (QED) is 0.137. The van der Waals surface area contributed by atoms with Gasteiger partial charge in [-0.25, -0.2) is 22.8 Å². The maximum Gasteiger partial charge on any atom is 0.255 e. The molecule has 0 aliphatic carbocycles. The second kappa shape index (κ2) is 11.7. The number of anilines is 4. The summed E-state index contributed by atoms with van der Waals surface area (Å²) in [6.45, 7) is 0.743. The third kappa shape index (κ3) is 7.04. The number of amides is 1. The van der Waals surface area contributed by atoms with Crippen molar-refractivity contribution in [1.29, 1.82) is 0 Å². The van der Waals surface area contributed by atoms with E-state index in [1.165, 1.54) is 30.8 Å². The van der Waals surface area contributed by atoms with Gasteiger partial charge in [0.1, 0.15) is 39.3 Å². The van der Waals surface area contributed by atoms with E-state index in [2.05, 4.69) is 25.9 Å². The zero-order valence-corrected chi connectivity index (χ0v) is 22.8. The number of sulfone groups is 1. The Morgan fingerprint density at radius 1 is 1.00 bits per heavy atom. The van der Waals surface area contributed by atoms with E-state index in [1.807, 2.05) is 30.3 Å². The van der Waals surface area contributed by atoms with Gasteiger partial charge in [0.15, 0.2) is 0 Å². The summed E-state index contributed by atoms with van der Waals surface area (Å²) >= 11 is 0. The molecule has 12 heteroatoms. The average molecular weight is 575 g/mol. The van der Waals surface area contributed by atoms with E-state index in [0.29, 0.717) is 41.7 Å². The van der Waals surface area contributed by atoms with Gasteiger partial charge in [-0.05, 0) is 72.8 Å². The molecule has 1 amide bonds. The lowest BCUT2D eigenvalue weighted by Crippen LogP contribution is -2.21. The molecule has 0 saturated carbocycles. The van der Waals surface area contributed by atoms with E-state index in [-0.39, 0.29) is 17.1 Å². The number of nitrogens with one attached hydrogen (secondary N) is 3. The summed E-state index contributed by atoms with van der Waals surface area (Å²) in [7, 11) is -3.03. The van der Waals surface area contributed by atoms with Gasteiger partial charge in [-0.3, -0.25) is 4.79 Å². The van der Waals surface area contributed by atoms with Crippen molar-refractivity contribution >= 4 is 49.5 Å². The smallest absolute Gasteiger partial charge is 0.255 e. The predicted molar refractivity (Wildman–Crippen MR) is 157 cm³/mol. The van der Waals surface area contributed by atoms with Gasteiger partial charge in [-0.1, -0.05) is 0 Å². The monoisotopic (exact) mass is 574 g/mol. The fourth-order valence-corrected chi connectivity index (χ4v) is 4.59. The molecular weight excluding hydrogens is 547 g/mol. The highest BCUT2D eigenvalue weighted by atomic mass is 32.2. The Morgan fingerprint density at radius 3 is 2.59 bits per heavy atom. The minimum atomic E-state index is -3.03. The summed E-state index contributed by atoms with van der Waals surface area (Å²) in [6.07, 6.45) is 2.66. The molecule has 5 N–H and O–H groups in total. The summed E-state index contributed by atoms with van der Waals surface area (Å²) < 4.78 is 42.1. The van der Waals surface area contributed by atoms with Crippen molar-refractivity contribution in [1.82, 2.24) is 15.3 Å². The van der Waals surface area contributed by atoms with E-state index < -0.39 is 21.6 Å². The summed E-state index contributed by atoms with van der Waals surface area (Å²) in [5, 5.41) is 9.72. The van der Waals surface area contributed by atoms with Gasteiger partial charge in [0.2, 0.25) is 0 Å². The van der Waals surface area contributed by atoms with Gasteiger partial charge in [0, 0.05) is 35.0 Å². The number of hydrogen-bond donors (Lipinski definition) is 4. The summed E-state index contributed by atoms with van der Waals surface area (Å²) in [4.78, 5) is 21.4. The van der Waals surface area contributed by atoms with E-state index in [1.54, 1.807) is 24.3 Å². The number of aromatic nitrogens is 2. The van der Waals surface area contributed by atoms with Crippen LogP contribution in [0, 0.1) is 5.82 Å². The average Bonchev–Trinajstić information content (AvgIpc) is 3.42. The number of nitrogens with two attached hydrogens (primary N) is 1. The van der Waals surface area contributed by atoms with Crippen molar-refractivity contribution in [3.63, 3.8) is 0 Å². The van der Waals surface area contributed by atoms with Crippen LogP contribution in [0.1, 0.15) is 16.1 Å². The number of benzene rings is 3. The van der Waals surface area contributed by atoms with Crippen LogP contribution in [0.25, 0.3) is 22.2 Å². The number of hydrogen-bond acceptors (Lipinski definition) is 9. The topological polar surface area (TPSA) is 152 Å². The number of nitrogen functional groups attached to an aromatic ring is 1. The van der Waals surface area contributed by atoms with E-state index in [9.17, 15) is 17.6 Å². The molecule has 0 atom stereocenters. The number of nitrogens with zero attached hydrogens (tertiary/aromatic N) is 2. The van der Waals surface area contributed by atoms with Gasteiger partial charge >= 0.3 is 0 Å². The first-order chi connectivity index (χ1) is 19.6. The highest BCUT2D eigenvalue weighted by Crippen LogP contribution is 2.30. The number of rotatable bonds is 10. The largest absolute Gasteiger partial charge is 0.460 e. The van der Waals surface area contributed by atoms with Crippen molar-refractivity contribution in [3.8, 4) is 11.3 Å². The van der Waals surface area contributed by atoms with Gasteiger partial charge in [0.25, 0.3) is 5.91 Å². The first-order valence-corrected chi connectivity index (χ1v) is 14.7. The molecule has 41 heavy (non-hydrogen) atoms. The third-order valence-corrected chi connectivity index (χ3v) is 7.15. The Balaban J connectivity index is 1.29. The normalized spacial score (nSPS) is 11.5. The van der Waals surface area contributed by atoms with E-state index >= 15 is 0 Å². The van der Waals surface area contributed by atoms with Crippen molar-refractivity contribution in [3.05, 3.63) is 96.3 Å². The zero-order valence-electron chi connectivity index (χ0n) is 22.0. The molecule has 2 heterocycles. The number of carbonyl (C=O) groups excluding carboxylic acids is 1. The van der Waals surface area contributed by atoms with Crippen LogP contribution in [0.2, 0.25) is 0 Å². The van der Waals surface area contributed by atoms with Crippen molar-refractivity contribution < 1.29 is 22.0 Å². The maximum absolute atomic E-state index is 13.5. The molecule has 0 fully saturated rings. The fourth-order valence-electron chi connectivity index (χ4n) is 4.08. The Kier molecular flexibility index (Phi) is 7.95. The number of fused-ring (bicyclic) bond motifs is 1. The maximum atomic E-state index is 13.5. The molecule has 0 aliphatic heterocycles. The first kappa shape index (κ1) is 27.7. The molecule has 2 aromatic heterocycles. The molecule has 10 nitrogen and oxygen atoms in total. The van der Waals surface area contributed by atoms with Crippen LogP contribution >= 0.6 is 0 Å². The minimum absolute atomic E-state index is 0.0565. The van der Waals surface area contributed by atoms with Crippen molar-refractivity contribution in [2.75, 3.05) is 34.9 Å². The van der Waals surface area contributed by atoms with Crippen LogP contribution in [0.15, 0.2) is 83.5 Å². The highest BCUT2D eigenvalue weighted by Gasteiger charge is 2.12. The third-order valence-electron chi connectivity index (χ3n) is 6.20. The van der Waals surface area contributed by atoms with Crippen LogP contribution in [0.4, 0.5) is 27.3 Å². The second-order valence-corrected chi connectivity index (χ2v) is 11.7.